The van der Waals surface area contributed by atoms with Gasteiger partial charge in [0.05, 0.1) is 6.04 Å². The molecule has 0 aromatic heterocycles. The summed E-state index contributed by atoms with van der Waals surface area (Å²) in [6, 6.07) is 0.385. The first-order valence-electron chi connectivity index (χ1n) is 6.47. The first-order chi connectivity index (χ1) is 7.68. The molecule has 0 aromatic carbocycles. The predicted octanol–water partition coefficient (Wildman–Crippen LogP) is 0.420. The number of hydrogen-bond acceptors (Lipinski definition) is 3. The monoisotopic (exact) mass is 225 g/mol. The normalized spacial score (nSPS) is 26.0. The second kappa shape index (κ2) is 5.15. The molecule has 0 aliphatic carbocycles. The summed E-state index contributed by atoms with van der Waals surface area (Å²) in [6.45, 7) is 5.90. The fraction of sp³-hybridized carbons (Fsp3) is 0.917. The van der Waals surface area contributed by atoms with Gasteiger partial charge in [-0.25, -0.2) is 0 Å². The number of amides is 1. The maximum Gasteiger partial charge on any atom is 0.239 e. The lowest BCUT2D eigenvalue weighted by Gasteiger charge is -2.35. The third-order valence-corrected chi connectivity index (χ3v) is 3.90. The predicted molar refractivity (Wildman–Crippen MR) is 64.1 cm³/mol. The highest BCUT2D eigenvalue weighted by molar-refractivity contribution is 5.81. The number of carbonyl (C=O) groups is 1. The van der Waals surface area contributed by atoms with Crippen molar-refractivity contribution >= 4 is 5.91 Å². The zero-order valence-corrected chi connectivity index (χ0v) is 10.2. The number of carbonyl (C=O) groups excluding carboxylic acids is 1. The van der Waals surface area contributed by atoms with Crippen molar-refractivity contribution in [1.29, 1.82) is 0 Å². The lowest BCUT2D eigenvalue weighted by atomic mass is 10.0. The summed E-state index contributed by atoms with van der Waals surface area (Å²) >= 11 is 0. The summed E-state index contributed by atoms with van der Waals surface area (Å²) in [5.74, 6) is 0.313. The van der Waals surface area contributed by atoms with Gasteiger partial charge in [0.25, 0.3) is 0 Å². The highest BCUT2D eigenvalue weighted by Gasteiger charge is 2.29. The molecule has 0 saturated carbocycles. The van der Waals surface area contributed by atoms with Crippen molar-refractivity contribution in [2.45, 2.75) is 44.7 Å². The Morgan fingerprint density at radius 3 is 2.31 bits per heavy atom. The minimum absolute atomic E-state index is 0.0469. The minimum Gasteiger partial charge on any atom is -0.341 e. The zero-order valence-electron chi connectivity index (χ0n) is 10.2. The first kappa shape index (κ1) is 11.9. The molecular weight excluding hydrogens is 202 g/mol. The van der Waals surface area contributed by atoms with Crippen molar-refractivity contribution in [1.82, 2.24) is 9.80 Å². The van der Waals surface area contributed by atoms with E-state index in [1.165, 1.54) is 12.8 Å². The van der Waals surface area contributed by atoms with Gasteiger partial charge >= 0.3 is 0 Å². The summed E-state index contributed by atoms with van der Waals surface area (Å²) in [5.41, 5.74) is 5.87. The van der Waals surface area contributed by atoms with E-state index in [0.29, 0.717) is 11.9 Å². The topological polar surface area (TPSA) is 49.6 Å². The van der Waals surface area contributed by atoms with Crippen LogP contribution in [-0.4, -0.2) is 54.0 Å². The molecule has 2 heterocycles. The van der Waals surface area contributed by atoms with E-state index in [0.717, 1.165) is 39.0 Å². The van der Waals surface area contributed by atoms with Crippen LogP contribution in [0, 0.1) is 0 Å². The van der Waals surface area contributed by atoms with E-state index in [4.69, 9.17) is 5.73 Å². The largest absolute Gasteiger partial charge is 0.341 e. The van der Waals surface area contributed by atoms with Gasteiger partial charge in [-0.2, -0.15) is 0 Å². The summed E-state index contributed by atoms with van der Waals surface area (Å²) in [7, 11) is 0. The van der Waals surface area contributed by atoms with Crippen molar-refractivity contribution in [2.24, 2.45) is 5.73 Å². The fourth-order valence-electron chi connectivity index (χ4n) is 2.66. The van der Waals surface area contributed by atoms with Crippen molar-refractivity contribution < 1.29 is 4.79 Å². The quantitative estimate of drug-likeness (QED) is 0.741. The van der Waals surface area contributed by atoms with Gasteiger partial charge in [-0.3, -0.25) is 9.69 Å². The van der Waals surface area contributed by atoms with Crippen LogP contribution in [0.2, 0.25) is 0 Å². The van der Waals surface area contributed by atoms with Crippen LogP contribution in [0.5, 0.6) is 0 Å². The molecular formula is C12H23N3O. The van der Waals surface area contributed by atoms with Crippen LogP contribution >= 0.6 is 0 Å². The van der Waals surface area contributed by atoms with Crippen LogP contribution in [0.4, 0.5) is 0 Å². The van der Waals surface area contributed by atoms with E-state index in [1.807, 2.05) is 11.8 Å². The molecule has 0 bridgehead atoms. The number of likely N-dealkylation sites (tertiary alicyclic amines) is 2. The Kier molecular flexibility index (Phi) is 3.82. The van der Waals surface area contributed by atoms with Gasteiger partial charge in [-0.15, -0.1) is 0 Å². The Bertz CT molecular complexity index is 243. The highest BCUT2D eigenvalue weighted by atomic mass is 16.2. The van der Waals surface area contributed by atoms with Crippen LogP contribution < -0.4 is 5.73 Å². The van der Waals surface area contributed by atoms with Gasteiger partial charge in [0.2, 0.25) is 5.91 Å². The number of nitrogens with two attached hydrogens (primary N) is 1. The molecule has 0 radical (unpaired) electrons. The van der Waals surface area contributed by atoms with Crippen LogP contribution in [-0.2, 0) is 4.79 Å². The third-order valence-electron chi connectivity index (χ3n) is 3.90. The molecule has 2 N–H and O–H groups in total. The van der Waals surface area contributed by atoms with Crippen LogP contribution in [0.15, 0.2) is 0 Å². The van der Waals surface area contributed by atoms with E-state index < -0.39 is 0 Å². The minimum atomic E-state index is 0.0469. The van der Waals surface area contributed by atoms with Gasteiger partial charge in [-0.05, 0) is 32.6 Å². The Balaban J connectivity index is 1.86. The summed E-state index contributed by atoms with van der Waals surface area (Å²) in [4.78, 5) is 16.5. The van der Waals surface area contributed by atoms with E-state index in [9.17, 15) is 4.79 Å². The molecule has 2 saturated heterocycles. The second-order valence-electron chi connectivity index (χ2n) is 5.08. The van der Waals surface area contributed by atoms with Crippen LogP contribution in [0.1, 0.15) is 32.6 Å². The van der Waals surface area contributed by atoms with Gasteiger partial charge in [0.1, 0.15) is 0 Å². The lowest BCUT2D eigenvalue weighted by molar-refractivity contribution is -0.135. The summed E-state index contributed by atoms with van der Waals surface area (Å²) < 4.78 is 0. The van der Waals surface area contributed by atoms with Gasteiger partial charge in [0, 0.05) is 32.2 Å². The molecule has 1 unspecified atom stereocenters. The SMILES string of the molecule is CC(C(=O)N1CCCC1)N1CCC(N)CC1. The van der Waals surface area contributed by atoms with Crippen molar-refractivity contribution in [3.05, 3.63) is 0 Å². The molecule has 16 heavy (non-hydrogen) atoms. The van der Waals surface area contributed by atoms with Gasteiger partial charge < -0.3 is 10.6 Å². The fourth-order valence-corrected chi connectivity index (χ4v) is 2.66. The maximum absolute atomic E-state index is 12.2. The van der Waals surface area contributed by atoms with E-state index in [2.05, 4.69) is 4.90 Å². The molecule has 2 rings (SSSR count). The third kappa shape index (κ3) is 2.55. The van der Waals surface area contributed by atoms with E-state index in [-0.39, 0.29) is 6.04 Å². The average molecular weight is 225 g/mol. The van der Waals surface area contributed by atoms with Gasteiger partial charge in [-0.1, -0.05) is 0 Å². The highest BCUT2D eigenvalue weighted by Crippen LogP contribution is 2.16. The number of piperidine rings is 1. The molecule has 92 valence electrons. The summed E-state index contributed by atoms with van der Waals surface area (Å²) in [6.07, 6.45) is 4.39. The van der Waals surface area contributed by atoms with E-state index in [1.54, 1.807) is 0 Å². The molecule has 2 aliphatic heterocycles. The zero-order chi connectivity index (χ0) is 11.5. The number of hydrogen-bond donors (Lipinski definition) is 1. The molecule has 1 atom stereocenters. The Morgan fingerprint density at radius 2 is 1.75 bits per heavy atom. The average Bonchev–Trinajstić information content (AvgIpc) is 2.81. The smallest absolute Gasteiger partial charge is 0.239 e. The second-order valence-corrected chi connectivity index (χ2v) is 5.08. The van der Waals surface area contributed by atoms with Crippen molar-refractivity contribution in [2.75, 3.05) is 26.2 Å². The Labute approximate surface area is 97.8 Å². The first-order valence-corrected chi connectivity index (χ1v) is 6.47. The maximum atomic E-state index is 12.2. The number of rotatable bonds is 2. The summed E-state index contributed by atoms with van der Waals surface area (Å²) in [5, 5.41) is 0. The van der Waals surface area contributed by atoms with Crippen molar-refractivity contribution in [3.63, 3.8) is 0 Å². The van der Waals surface area contributed by atoms with Gasteiger partial charge in [0.15, 0.2) is 0 Å². The van der Waals surface area contributed by atoms with E-state index >= 15 is 0 Å². The van der Waals surface area contributed by atoms with Crippen LogP contribution in [0.25, 0.3) is 0 Å². The Morgan fingerprint density at radius 1 is 1.19 bits per heavy atom. The Hall–Kier alpha value is -0.610. The molecule has 4 nitrogen and oxygen atoms in total. The molecule has 2 aliphatic rings. The lowest BCUT2D eigenvalue weighted by Crippen LogP contribution is -2.50. The van der Waals surface area contributed by atoms with Crippen LogP contribution in [0.3, 0.4) is 0 Å². The molecule has 1 amide bonds. The standard InChI is InChI=1S/C12H23N3O/c1-10(12(16)15-6-2-3-7-15)14-8-4-11(13)5-9-14/h10-11H,2-9,13H2,1H3. The van der Waals surface area contributed by atoms with Crippen molar-refractivity contribution in [3.8, 4) is 0 Å². The molecule has 2 fully saturated rings. The number of nitrogens with zero attached hydrogens (tertiary/aromatic N) is 2. The molecule has 0 aromatic rings. The molecule has 4 heteroatoms. The molecule has 0 spiro atoms.